The van der Waals surface area contributed by atoms with Crippen molar-refractivity contribution < 1.29 is 14.7 Å². The number of ketones is 2. The van der Waals surface area contributed by atoms with E-state index in [4.69, 9.17) is 0 Å². The normalized spacial score (nSPS) is 29.9. The van der Waals surface area contributed by atoms with Gasteiger partial charge in [0.1, 0.15) is 5.78 Å². The molecule has 0 aromatic carbocycles. The quantitative estimate of drug-likeness (QED) is 0.593. The van der Waals surface area contributed by atoms with Crippen LogP contribution < -0.4 is 0 Å². The van der Waals surface area contributed by atoms with Gasteiger partial charge in [-0.05, 0) is 43.8 Å². The highest BCUT2D eigenvalue weighted by molar-refractivity contribution is 5.88. The summed E-state index contributed by atoms with van der Waals surface area (Å²) in [6.07, 6.45) is 3.69. The number of aliphatic hydroxyl groups is 1. The number of Topliss-reactive ketones (excluding diaryl/α,β-unsaturated/α-hetero) is 1. The van der Waals surface area contributed by atoms with Gasteiger partial charge in [0.05, 0.1) is 5.60 Å². The van der Waals surface area contributed by atoms with E-state index in [1.54, 1.807) is 6.92 Å². The molecule has 0 aromatic rings. The molecule has 0 radical (unpaired) electrons. The summed E-state index contributed by atoms with van der Waals surface area (Å²) < 4.78 is 0. The van der Waals surface area contributed by atoms with Gasteiger partial charge in [-0.25, -0.2) is 0 Å². The zero-order chi connectivity index (χ0) is 13.3. The van der Waals surface area contributed by atoms with E-state index in [1.807, 2.05) is 13.8 Å². The van der Waals surface area contributed by atoms with Crippen LogP contribution >= 0.6 is 0 Å². The van der Waals surface area contributed by atoms with E-state index in [0.717, 1.165) is 12.8 Å². The smallest absolute Gasteiger partial charge is 0.152 e. The van der Waals surface area contributed by atoms with Gasteiger partial charge in [0.2, 0.25) is 0 Å². The molecule has 1 saturated carbocycles. The molecule has 1 rings (SSSR count). The van der Waals surface area contributed by atoms with Crippen LogP contribution in [0, 0.1) is 5.41 Å². The Kier molecular flexibility index (Phi) is 3.92. The van der Waals surface area contributed by atoms with Crippen LogP contribution in [0.15, 0.2) is 11.6 Å². The Morgan fingerprint density at radius 1 is 1.35 bits per heavy atom. The van der Waals surface area contributed by atoms with Crippen LogP contribution in [0.2, 0.25) is 0 Å². The fourth-order valence-corrected chi connectivity index (χ4v) is 2.64. The predicted molar refractivity (Wildman–Crippen MR) is 66.6 cm³/mol. The largest absolute Gasteiger partial charge is 0.384 e. The molecule has 0 saturated heterocycles. The van der Waals surface area contributed by atoms with Crippen LogP contribution in [-0.4, -0.2) is 22.3 Å². The number of allylic oxidation sites excluding steroid dienone is 1. The minimum absolute atomic E-state index is 0.0781. The number of rotatable bonds is 2. The molecule has 0 aliphatic heterocycles. The first-order chi connectivity index (χ1) is 7.69. The lowest BCUT2D eigenvalue weighted by Crippen LogP contribution is -2.46. The molecule has 1 fully saturated rings. The molecule has 0 amide bonds. The zero-order valence-corrected chi connectivity index (χ0v) is 11.2. The maximum atomic E-state index is 11.7. The number of carbonyl (C=O) groups excluding carboxylic acids is 2. The van der Waals surface area contributed by atoms with E-state index < -0.39 is 5.60 Å². The molecule has 0 bridgehead atoms. The fourth-order valence-electron chi connectivity index (χ4n) is 2.64. The molecule has 1 aliphatic carbocycles. The van der Waals surface area contributed by atoms with Gasteiger partial charge in [0.15, 0.2) is 5.78 Å². The topological polar surface area (TPSA) is 54.4 Å². The third-order valence-electron chi connectivity index (χ3n) is 3.90. The third kappa shape index (κ3) is 2.83. The molecule has 1 aliphatic rings. The van der Waals surface area contributed by atoms with Crippen LogP contribution in [0.1, 0.15) is 53.4 Å². The van der Waals surface area contributed by atoms with Gasteiger partial charge in [0, 0.05) is 12.8 Å². The van der Waals surface area contributed by atoms with Gasteiger partial charge >= 0.3 is 0 Å². The highest BCUT2D eigenvalue weighted by Gasteiger charge is 2.47. The van der Waals surface area contributed by atoms with E-state index in [2.05, 4.69) is 0 Å². The molecular formula is C14H22O3. The van der Waals surface area contributed by atoms with Crippen LogP contribution in [0.5, 0.6) is 0 Å². The minimum atomic E-state index is -1.19. The summed E-state index contributed by atoms with van der Waals surface area (Å²) in [4.78, 5) is 22.8. The second kappa shape index (κ2) is 4.73. The summed E-state index contributed by atoms with van der Waals surface area (Å²) in [5, 5.41) is 10.8. The van der Waals surface area contributed by atoms with E-state index in [-0.39, 0.29) is 23.4 Å². The highest BCUT2D eigenvalue weighted by atomic mass is 16.3. The maximum Gasteiger partial charge on any atom is 0.152 e. The molecule has 1 atom stereocenters. The van der Waals surface area contributed by atoms with Crippen molar-refractivity contribution in [2.75, 3.05) is 0 Å². The molecule has 17 heavy (non-hydrogen) atoms. The maximum absolute atomic E-state index is 11.7. The van der Waals surface area contributed by atoms with E-state index in [1.165, 1.54) is 13.0 Å². The van der Waals surface area contributed by atoms with Gasteiger partial charge in [0.25, 0.3) is 0 Å². The average molecular weight is 238 g/mol. The van der Waals surface area contributed by atoms with Crippen LogP contribution in [0.4, 0.5) is 0 Å². The Bertz CT molecular complexity index is 366. The molecular weight excluding hydrogens is 216 g/mol. The van der Waals surface area contributed by atoms with Crippen molar-refractivity contribution in [2.24, 2.45) is 5.41 Å². The van der Waals surface area contributed by atoms with Gasteiger partial charge in [-0.15, -0.1) is 0 Å². The Hall–Kier alpha value is -0.960. The lowest BCUT2D eigenvalue weighted by Gasteiger charge is -2.42. The Morgan fingerprint density at radius 2 is 1.94 bits per heavy atom. The van der Waals surface area contributed by atoms with Gasteiger partial charge in [-0.3, -0.25) is 9.59 Å². The molecule has 3 heteroatoms. The van der Waals surface area contributed by atoms with Crippen LogP contribution in [0.3, 0.4) is 0 Å². The van der Waals surface area contributed by atoms with Crippen molar-refractivity contribution in [3.8, 4) is 0 Å². The summed E-state index contributed by atoms with van der Waals surface area (Å²) in [7, 11) is 0. The van der Waals surface area contributed by atoms with Crippen molar-refractivity contribution in [2.45, 2.75) is 59.0 Å². The Balaban J connectivity index is 3.18. The van der Waals surface area contributed by atoms with Crippen LogP contribution in [0.25, 0.3) is 0 Å². The summed E-state index contributed by atoms with van der Waals surface area (Å²) in [6.45, 7) is 7.12. The van der Waals surface area contributed by atoms with Crippen molar-refractivity contribution >= 4 is 11.6 Å². The summed E-state index contributed by atoms with van der Waals surface area (Å²) in [6, 6.07) is 0. The lowest BCUT2D eigenvalue weighted by molar-refractivity contribution is -0.125. The van der Waals surface area contributed by atoms with Crippen LogP contribution in [-0.2, 0) is 9.59 Å². The zero-order valence-electron chi connectivity index (χ0n) is 11.2. The first-order valence-electron chi connectivity index (χ1n) is 6.12. The van der Waals surface area contributed by atoms with Gasteiger partial charge in [-0.2, -0.15) is 0 Å². The van der Waals surface area contributed by atoms with Crippen molar-refractivity contribution in [3.63, 3.8) is 0 Å². The average Bonchev–Trinajstić information content (AvgIpc) is 2.24. The number of hydrogen-bond acceptors (Lipinski definition) is 3. The predicted octanol–water partition coefficient (Wildman–Crippen LogP) is 2.42. The third-order valence-corrected chi connectivity index (χ3v) is 3.90. The van der Waals surface area contributed by atoms with E-state index in [9.17, 15) is 14.7 Å². The molecule has 0 aromatic heterocycles. The van der Waals surface area contributed by atoms with Gasteiger partial charge < -0.3 is 5.11 Å². The SMILES string of the molecule is CC(=O)/C=C(\C)C1(O)CC(=O)CCCC1(C)C. The fraction of sp³-hybridized carbons (Fsp3) is 0.714. The summed E-state index contributed by atoms with van der Waals surface area (Å²) in [5.74, 6) is -0.0159. The molecule has 0 heterocycles. The van der Waals surface area contributed by atoms with Crippen molar-refractivity contribution in [1.29, 1.82) is 0 Å². The minimum Gasteiger partial charge on any atom is -0.384 e. The number of carbonyl (C=O) groups is 2. The van der Waals surface area contributed by atoms with Crippen molar-refractivity contribution in [3.05, 3.63) is 11.6 Å². The Morgan fingerprint density at radius 3 is 2.47 bits per heavy atom. The molecule has 3 nitrogen and oxygen atoms in total. The first kappa shape index (κ1) is 14.1. The van der Waals surface area contributed by atoms with Gasteiger partial charge in [-0.1, -0.05) is 13.8 Å². The molecule has 1 unspecified atom stereocenters. The highest BCUT2D eigenvalue weighted by Crippen LogP contribution is 2.45. The molecule has 0 spiro atoms. The van der Waals surface area contributed by atoms with E-state index >= 15 is 0 Å². The second-order valence-corrected chi connectivity index (χ2v) is 5.75. The monoisotopic (exact) mass is 238 g/mol. The summed E-state index contributed by atoms with van der Waals surface area (Å²) in [5.41, 5.74) is -0.966. The molecule has 1 N–H and O–H groups in total. The molecule has 96 valence electrons. The lowest BCUT2D eigenvalue weighted by atomic mass is 9.67. The first-order valence-corrected chi connectivity index (χ1v) is 6.12. The summed E-state index contributed by atoms with van der Waals surface area (Å²) >= 11 is 0. The van der Waals surface area contributed by atoms with E-state index in [0.29, 0.717) is 12.0 Å². The number of hydrogen-bond donors (Lipinski definition) is 1. The second-order valence-electron chi connectivity index (χ2n) is 5.75. The van der Waals surface area contributed by atoms with Crippen molar-refractivity contribution in [1.82, 2.24) is 0 Å². The Labute approximate surface area is 103 Å². The standard InChI is InChI=1S/C14H22O3/c1-10(8-11(2)15)14(17)9-12(16)6-5-7-13(14,3)4/h8,17H,5-7,9H2,1-4H3/b10-8+.